The number of imidazole rings is 1. The second-order valence-corrected chi connectivity index (χ2v) is 6.46. The Hall–Kier alpha value is -3.11. The smallest absolute Gasteiger partial charge is 0.329 e. The van der Waals surface area contributed by atoms with Crippen molar-refractivity contribution in [3.63, 3.8) is 0 Å². The van der Waals surface area contributed by atoms with Crippen LogP contribution in [-0.2, 0) is 13.6 Å². The van der Waals surface area contributed by atoms with E-state index in [-0.39, 0.29) is 43.4 Å². The third kappa shape index (κ3) is 4.07. The van der Waals surface area contributed by atoms with Gasteiger partial charge in [-0.25, -0.2) is 4.79 Å². The molecule has 0 radical (unpaired) electrons. The zero-order valence-electron chi connectivity index (χ0n) is 15.7. The van der Waals surface area contributed by atoms with Crippen LogP contribution in [0.3, 0.4) is 0 Å². The van der Waals surface area contributed by atoms with Crippen molar-refractivity contribution in [3.8, 4) is 5.75 Å². The lowest BCUT2D eigenvalue weighted by Gasteiger charge is -2.15. The monoisotopic (exact) mass is 389 g/mol. The minimum absolute atomic E-state index is 0.00580. The van der Waals surface area contributed by atoms with Crippen LogP contribution in [0.4, 0.5) is 5.95 Å². The molecule has 0 aliphatic heterocycles. The van der Waals surface area contributed by atoms with Crippen LogP contribution in [0.25, 0.3) is 11.2 Å². The van der Waals surface area contributed by atoms with Crippen LogP contribution in [-0.4, -0.2) is 55.2 Å². The number of aromatic nitrogens is 4. The van der Waals surface area contributed by atoms with Gasteiger partial charge in [0.1, 0.15) is 18.5 Å². The molecule has 1 atom stereocenters. The molecule has 0 saturated carbocycles. The predicted octanol–water partition coefficient (Wildman–Crippen LogP) is -0.424. The van der Waals surface area contributed by atoms with Crippen LogP contribution in [0.1, 0.15) is 5.56 Å². The van der Waals surface area contributed by atoms with Gasteiger partial charge in [0.25, 0.3) is 5.56 Å². The number of aryl methyl sites for hydroxylation is 2. The molecule has 0 amide bonds. The zero-order valence-corrected chi connectivity index (χ0v) is 15.7. The molecule has 0 aliphatic carbocycles. The maximum absolute atomic E-state index is 12.3. The topological polar surface area (TPSA) is 134 Å². The molecule has 150 valence electrons. The van der Waals surface area contributed by atoms with Gasteiger partial charge >= 0.3 is 5.69 Å². The predicted molar refractivity (Wildman–Crippen MR) is 104 cm³/mol. The van der Waals surface area contributed by atoms with Crippen LogP contribution in [0.15, 0.2) is 33.9 Å². The standard InChI is InChI=1S/C18H23N5O5/c1-11-3-5-13(6-4-11)28-10-12(25)9-23-14-15(20-17(23)19-7-8-24)22(2)18(27)21-16(14)26/h3-6,12,24-25H,7-10H2,1-2H3,(H,19,20)(H,21,26,27)/t12-/m1/s1. The van der Waals surface area contributed by atoms with Crippen molar-refractivity contribution in [1.29, 1.82) is 0 Å². The van der Waals surface area contributed by atoms with Gasteiger partial charge in [-0.1, -0.05) is 17.7 Å². The van der Waals surface area contributed by atoms with Crippen LogP contribution in [0, 0.1) is 6.92 Å². The summed E-state index contributed by atoms with van der Waals surface area (Å²) in [5.41, 5.74) is 0.244. The van der Waals surface area contributed by atoms with Gasteiger partial charge in [-0.15, -0.1) is 0 Å². The normalized spacial score (nSPS) is 12.3. The average Bonchev–Trinajstić information content (AvgIpc) is 3.03. The van der Waals surface area contributed by atoms with Crippen molar-refractivity contribution in [1.82, 2.24) is 19.1 Å². The van der Waals surface area contributed by atoms with Crippen molar-refractivity contribution >= 4 is 17.1 Å². The Labute approximate surface area is 160 Å². The maximum Gasteiger partial charge on any atom is 0.329 e. The summed E-state index contributed by atoms with van der Waals surface area (Å²) in [7, 11) is 1.49. The van der Waals surface area contributed by atoms with Gasteiger partial charge in [0, 0.05) is 13.6 Å². The first-order chi connectivity index (χ1) is 13.4. The zero-order chi connectivity index (χ0) is 20.3. The summed E-state index contributed by atoms with van der Waals surface area (Å²) in [6.45, 7) is 2.04. The molecule has 0 unspecified atom stereocenters. The summed E-state index contributed by atoms with van der Waals surface area (Å²) in [5.74, 6) is 0.893. The highest BCUT2D eigenvalue weighted by atomic mass is 16.5. The number of nitrogens with zero attached hydrogens (tertiary/aromatic N) is 3. The first-order valence-corrected chi connectivity index (χ1v) is 8.82. The van der Waals surface area contributed by atoms with Gasteiger partial charge in [0.2, 0.25) is 5.95 Å². The van der Waals surface area contributed by atoms with E-state index in [4.69, 9.17) is 9.84 Å². The third-order valence-electron chi connectivity index (χ3n) is 4.26. The molecule has 10 nitrogen and oxygen atoms in total. The van der Waals surface area contributed by atoms with Crippen LogP contribution in [0.2, 0.25) is 0 Å². The number of hydrogen-bond donors (Lipinski definition) is 4. The van der Waals surface area contributed by atoms with E-state index in [0.717, 1.165) is 5.56 Å². The molecule has 2 aromatic heterocycles. The van der Waals surface area contributed by atoms with E-state index < -0.39 is 17.4 Å². The van der Waals surface area contributed by atoms with Crippen molar-refractivity contribution in [2.75, 3.05) is 25.1 Å². The van der Waals surface area contributed by atoms with E-state index in [1.54, 1.807) is 0 Å². The highest BCUT2D eigenvalue weighted by Crippen LogP contribution is 2.17. The fourth-order valence-electron chi connectivity index (χ4n) is 2.81. The summed E-state index contributed by atoms with van der Waals surface area (Å²) < 4.78 is 8.29. The fraction of sp³-hybridized carbons (Fsp3) is 0.389. The lowest BCUT2D eigenvalue weighted by atomic mass is 10.2. The number of aliphatic hydroxyl groups is 2. The second-order valence-electron chi connectivity index (χ2n) is 6.46. The van der Waals surface area contributed by atoms with Gasteiger partial charge < -0.3 is 24.8 Å². The number of H-pyrrole nitrogens is 1. The van der Waals surface area contributed by atoms with Crippen LogP contribution in [0.5, 0.6) is 5.75 Å². The molecule has 3 rings (SSSR count). The van der Waals surface area contributed by atoms with Crippen molar-refractivity contribution in [2.45, 2.75) is 19.6 Å². The fourth-order valence-corrected chi connectivity index (χ4v) is 2.81. The molecule has 28 heavy (non-hydrogen) atoms. The Morgan fingerprint density at radius 3 is 2.68 bits per heavy atom. The molecule has 0 spiro atoms. The lowest BCUT2D eigenvalue weighted by molar-refractivity contribution is 0.0938. The molecule has 0 aliphatic rings. The van der Waals surface area contributed by atoms with E-state index in [1.807, 2.05) is 31.2 Å². The van der Waals surface area contributed by atoms with E-state index in [0.29, 0.717) is 5.75 Å². The number of benzene rings is 1. The van der Waals surface area contributed by atoms with E-state index in [9.17, 15) is 14.7 Å². The summed E-state index contributed by atoms with van der Waals surface area (Å²) >= 11 is 0. The van der Waals surface area contributed by atoms with E-state index in [1.165, 1.54) is 16.2 Å². The van der Waals surface area contributed by atoms with Gasteiger partial charge in [0.15, 0.2) is 11.2 Å². The Morgan fingerprint density at radius 2 is 2.00 bits per heavy atom. The van der Waals surface area contributed by atoms with Crippen molar-refractivity contribution < 1.29 is 14.9 Å². The summed E-state index contributed by atoms with van der Waals surface area (Å²) in [5, 5.41) is 22.4. The number of anilines is 1. The number of aliphatic hydroxyl groups excluding tert-OH is 2. The number of ether oxygens (including phenoxy) is 1. The molecule has 0 bridgehead atoms. The SMILES string of the molecule is Cc1ccc(OC[C@H](O)Cn2c(NCCO)nc3c2c(=O)[nH]c(=O)n3C)cc1. The van der Waals surface area contributed by atoms with Crippen molar-refractivity contribution in [2.24, 2.45) is 7.05 Å². The molecule has 0 fully saturated rings. The summed E-state index contributed by atoms with van der Waals surface area (Å²) in [4.78, 5) is 30.7. The minimum atomic E-state index is -0.940. The van der Waals surface area contributed by atoms with Gasteiger partial charge in [0.05, 0.1) is 13.2 Å². The Morgan fingerprint density at radius 1 is 1.29 bits per heavy atom. The molecule has 2 heterocycles. The Balaban J connectivity index is 1.87. The third-order valence-corrected chi connectivity index (χ3v) is 4.26. The highest BCUT2D eigenvalue weighted by molar-refractivity contribution is 5.74. The lowest BCUT2D eigenvalue weighted by Crippen LogP contribution is -2.31. The van der Waals surface area contributed by atoms with E-state index in [2.05, 4.69) is 15.3 Å². The largest absolute Gasteiger partial charge is 0.491 e. The quantitative estimate of drug-likeness (QED) is 0.411. The van der Waals surface area contributed by atoms with Gasteiger partial charge in [-0.3, -0.25) is 14.3 Å². The van der Waals surface area contributed by atoms with Crippen molar-refractivity contribution in [3.05, 3.63) is 50.7 Å². The number of fused-ring (bicyclic) bond motifs is 1. The number of rotatable bonds is 8. The summed E-state index contributed by atoms with van der Waals surface area (Å²) in [6.07, 6.45) is -0.940. The number of aromatic amines is 1. The number of hydrogen-bond acceptors (Lipinski definition) is 7. The Bertz CT molecular complexity index is 1070. The molecule has 10 heteroatoms. The molecule has 4 N–H and O–H groups in total. The first kappa shape index (κ1) is 19.6. The average molecular weight is 389 g/mol. The first-order valence-electron chi connectivity index (χ1n) is 8.82. The minimum Gasteiger partial charge on any atom is -0.491 e. The summed E-state index contributed by atoms with van der Waals surface area (Å²) in [6, 6.07) is 7.43. The van der Waals surface area contributed by atoms with E-state index >= 15 is 0 Å². The second kappa shape index (κ2) is 8.28. The number of nitrogens with one attached hydrogen (secondary N) is 2. The van der Waals surface area contributed by atoms with Crippen LogP contribution >= 0.6 is 0 Å². The van der Waals surface area contributed by atoms with Gasteiger partial charge in [-0.2, -0.15) is 4.98 Å². The maximum atomic E-state index is 12.3. The van der Waals surface area contributed by atoms with Crippen LogP contribution < -0.4 is 21.3 Å². The highest BCUT2D eigenvalue weighted by Gasteiger charge is 2.19. The molecular formula is C18H23N5O5. The molecular weight excluding hydrogens is 366 g/mol. The molecule has 1 aromatic carbocycles. The molecule has 0 saturated heterocycles. The Kier molecular flexibility index (Phi) is 5.81. The molecule has 3 aromatic rings. The van der Waals surface area contributed by atoms with Gasteiger partial charge in [-0.05, 0) is 19.1 Å².